The lowest BCUT2D eigenvalue weighted by Crippen LogP contribution is -2.40. The second-order valence-corrected chi connectivity index (χ2v) is 9.49. The molecule has 168 valence electrons. The molecule has 0 saturated heterocycles. The number of fused-ring (bicyclic) bond motifs is 2. The summed E-state index contributed by atoms with van der Waals surface area (Å²) in [5.41, 5.74) is 5.90. The van der Waals surface area contributed by atoms with E-state index in [0.717, 1.165) is 51.7 Å². The van der Waals surface area contributed by atoms with Crippen LogP contribution in [0.2, 0.25) is 0 Å². The molecule has 1 unspecified atom stereocenters. The van der Waals surface area contributed by atoms with Crippen molar-refractivity contribution >= 4 is 17.4 Å². The number of nitrogens with one attached hydrogen (secondary N) is 1. The van der Waals surface area contributed by atoms with Crippen LogP contribution in [0.25, 0.3) is 0 Å². The molecule has 4 rings (SSSR count). The van der Waals surface area contributed by atoms with Gasteiger partial charge in [-0.3, -0.25) is 0 Å². The maximum atomic E-state index is 12.2. The first-order valence-corrected chi connectivity index (χ1v) is 12.5. The van der Waals surface area contributed by atoms with Crippen molar-refractivity contribution in [2.45, 2.75) is 64.5 Å². The number of amides is 1. The maximum absolute atomic E-state index is 12.2. The zero-order valence-corrected chi connectivity index (χ0v) is 19.3. The van der Waals surface area contributed by atoms with Crippen molar-refractivity contribution < 1.29 is 9.63 Å². The Bertz CT molecular complexity index is 856. The number of benzene rings is 1. The van der Waals surface area contributed by atoms with Gasteiger partial charge in [0, 0.05) is 24.0 Å². The first kappa shape index (κ1) is 22.2. The lowest BCUT2D eigenvalue weighted by Gasteiger charge is -2.33. The van der Waals surface area contributed by atoms with Gasteiger partial charge in [-0.15, -0.1) is 16.4 Å². The fourth-order valence-corrected chi connectivity index (χ4v) is 5.57. The molecular weight excluding hydrogens is 408 g/mol. The van der Waals surface area contributed by atoms with E-state index in [2.05, 4.69) is 40.3 Å². The third kappa shape index (κ3) is 6.05. The van der Waals surface area contributed by atoms with Gasteiger partial charge in [-0.05, 0) is 69.2 Å². The van der Waals surface area contributed by atoms with Crippen molar-refractivity contribution in [3.8, 4) is 0 Å². The van der Waals surface area contributed by atoms with Crippen molar-refractivity contribution in [3.05, 3.63) is 51.5 Å². The van der Waals surface area contributed by atoms with Crippen LogP contribution in [0.5, 0.6) is 0 Å². The van der Waals surface area contributed by atoms with Crippen LogP contribution in [0.15, 0.2) is 29.8 Å². The number of carbonyl (C=O) groups is 1. The van der Waals surface area contributed by atoms with Crippen LogP contribution >= 0.6 is 11.3 Å². The minimum absolute atomic E-state index is 0.338. The zero-order valence-electron chi connectivity index (χ0n) is 18.5. The Labute approximate surface area is 189 Å². The van der Waals surface area contributed by atoms with E-state index in [1.54, 1.807) is 5.06 Å². The molecule has 1 aliphatic heterocycles. The molecule has 0 fully saturated rings. The van der Waals surface area contributed by atoms with Crippen molar-refractivity contribution in [2.24, 2.45) is 0 Å². The van der Waals surface area contributed by atoms with Crippen LogP contribution in [0.4, 0.5) is 4.79 Å². The number of thiazole rings is 1. The molecule has 6 nitrogen and oxygen atoms in total. The standard InChI is InChI=1S/C24H34N4O2S/c1-2-13-27(21-9-10-22-23(16-21)31-18-26-22)14-6-5-12-25-24(29)30-28-15-11-19-7-3-4-8-20(19)17-28/h3-4,7-8,18,21H,2,5-6,9-17H2,1H3,(H,25,29). The first-order chi connectivity index (χ1) is 15.2. The average molecular weight is 443 g/mol. The highest BCUT2D eigenvalue weighted by molar-refractivity contribution is 7.09. The van der Waals surface area contributed by atoms with Gasteiger partial charge in [0.25, 0.3) is 0 Å². The van der Waals surface area contributed by atoms with E-state index in [-0.39, 0.29) is 6.09 Å². The van der Waals surface area contributed by atoms with E-state index in [0.29, 0.717) is 19.1 Å². The van der Waals surface area contributed by atoms with Crippen molar-refractivity contribution in [1.29, 1.82) is 0 Å². The van der Waals surface area contributed by atoms with Gasteiger partial charge in [0.05, 0.1) is 17.7 Å². The molecule has 2 heterocycles. The largest absolute Gasteiger partial charge is 0.426 e. The third-order valence-electron chi connectivity index (χ3n) is 6.34. The summed E-state index contributed by atoms with van der Waals surface area (Å²) >= 11 is 1.81. The molecule has 1 N–H and O–H groups in total. The summed E-state index contributed by atoms with van der Waals surface area (Å²) in [6.45, 7) is 6.56. The normalized spacial score (nSPS) is 18.5. The molecule has 0 radical (unpaired) electrons. The Hall–Kier alpha value is -1.96. The molecule has 0 bridgehead atoms. The Kier molecular flexibility index (Phi) is 7.94. The van der Waals surface area contributed by atoms with Crippen LogP contribution < -0.4 is 5.32 Å². The first-order valence-electron chi connectivity index (χ1n) is 11.7. The molecule has 1 amide bonds. The number of hydrogen-bond donors (Lipinski definition) is 1. The number of hydroxylamine groups is 2. The average Bonchev–Trinajstić information content (AvgIpc) is 3.26. The van der Waals surface area contributed by atoms with Gasteiger partial charge in [0.2, 0.25) is 0 Å². The predicted octanol–water partition coefficient (Wildman–Crippen LogP) is 4.19. The Morgan fingerprint density at radius 1 is 1.26 bits per heavy atom. The molecule has 2 aromatic rings. The van der Waals surface area contributed by atoms with Crippen molar-refractivity contribution in [3.63, 3.8) is 0 Å². The number of unbranched alkanes of at least 4 members (excludes halogenated alkanes) is 1. The van der Waals surface area contributed by atoms with Gasteiger partial charge in [-0.2, -0.15) is 0 Å². The van der Waals surface area contributed by atoms with Gasteiger partial charge >= 0.3 is 6.09 Å². The van der Waals surface area contributed by atoms with Crippen LogP contribution in [0.3, 0.4) is 0 Å². The van der Waals surface area contributed by atoms with Gasteiger partial charge in [-0.1, -0.05) is 31.2 Å². The van der Waals surface area contributed by atoms with Crippen LogP contribution in [0.1, 0.15) is 54.3 Å². The number of nitrogens with zero attached hydrogens (tertiary/aromatic N) is 3. The Morgan fingerprint density at radius 3 is 3.00 bits per heavy atom. The van der Waals surface area contributed by atoms with E-state index < -0.39 is 0 Å². The molecule has 0 spiro atoms. The summed E-state index contributed by atoms with van der Waals surface area (Å²) in [4.78, 5) is 26.3. The summed E-state index contributed by atoms with van der Waals surface area (Å²) < 4.78 is 0. The fraction of sp³-hybridized carbons (Fsp3) is 0.583. The molecule has 1 aromatic heterocycles. The number of rotatable bonds is 9. The number of aryl methyl sites for hydroxylation is 1. The predicted molar refractivity (Wildman–Crippen MR) is 124 cm³/mol. The number of hydrogen-bond acceptors (Lipinski definition) is 6. The number of carbonyl (C=O) groups excluding carboxylic acids is 1. The quantitative estimate of drug-likeness (QED) is 0.590. The molecule has 0 saturated carbocycles. The molecule has 1 aromatic carbocycles. The molecule has 31 heavy (non-hydrogen) atoms. The smallest absolute Gasteiger partial charge is 0.351 e. The van der Waals surface area contributed by atoms with Crippen LogP contribution in [-0.2, 0) is 30.6 Å². The lowest BCUT2D eigenvalue weighted by molar-refractivity contribution is -0.111. The lowest BCUT2D eigenvalue weighted by atomic mass is 9.96. The summed E-state index contributed by atoms with van der Waals surface area (Å²) in [6.07, 6.45) is 7.27. The SMILES string of the molecule is CCCN(CCCCNC(=O)ON1CCc2ccccc2C1)C1CCc2ncsc2C1. The molecule has 1 aliphatic carbocycles. The third-order valence-corrected chi connectivity index (χ3v) is 7.23. The second kappa shape index (κ2) is 11.1. The van der Waals surface area contributed by atoms with E-state index in [1.807, 2.05) is 22.9 Å². The van der Waals surface area contributed by atoms with Crippen LogP contribution in [-0.4, -0.2) is 53.3 Å². The molecule has 7 heteroatoms. The fourth-order valence-electron chi connectivity index (χ4n) is 4.69. The molecule has 1 atom stereocenters. The summed E-state index contributed by atoms with van der Waals surface area (Å²) in [5.74, 6) is 0. The second-order valence-electron chi connectivity index (χ2n) is 8.55. The molecular formula is C24H34N4O2S. The topological polar surface area (TPSA) is 57.7 Å². The summed E-state index contributed by atoms with van der Waals surface area (Å²) in [6, 6.07) is 8.99. The summed E-state index contributed by atoms with van der Waals surface area (Å²) in [7, 11) is 0. The highest BCUT2D eigenvalue weighted by Gasteiger charge is 2.25. The van der Waals surface area contributed by atoms with Gasteiger partial charge in [-0.25, -0.2) is 9.78 Å². The summed E-state index contributed by atoms with van der Waals surface area (Å²) in [5, 5.41) is 4.68. The van der Waals surface area contributed by atoms with Crippen molar-refractivity contribution in [2.75, 3.05) is 26.2 Å². The van der Waals surface area contributed by atoms with Crippen LogP contribution in [0, 0.1) is 0 Å². The maximum Gasteiger partial charge on any atom is 0.426 e. The van der Waals surface area contributed by atoms with Gasteiger partial charge < -0.3 is 15.1 Å². The Balaban J connectivity index is 1.14. The van der Waals surface area contributed by atoms with E-state index in [1.165, 1.54) is 34.5 Å². The van der Waals surface area contributed by atoms with Gasteiger partial charge in [0.15, 0.2) is 0 Å². The minimum atomic E-state index is -0.338. The van der Waals surface area contributed by atoms with E-state index >= 15 is 0 Å². The Morgan fingerprint density at radius 2 is 2.13 bits per heavy atom. The highest BCUT2D eigenvalue weighted by atomic mass is 32.1. The van der Waals surface area contributed by atoms with E-state index in [4.69, 9.17) is 4.84 Å². The highest BCUT2D eigenvalue weighted by Crippen LogP contribution is 2.27. The zero-order chi connectivity index (χ0) is 21.5. The van der Waals surface area contributed by atoms with Gasteiger partial charge in [0.1, 0.15) is 0 Å². The minimum Gasteiger partial charge on any atom is -0.351 e. The van der Waals surface area contributed by atoms with E-state index in [9.17, 15) is 4.79 Å². The van der Waals surface area contributed by atoms with Crippen molar-refractivity contribution in [1.82, 2.24) is 20.3 Å². The monoisotopic (exact) mass is 442 g/mol. The molecule has 2 aliphatic rings. The number of aromatic nitrogens is 1.